The van der Waals surface area contributed by atoms with E-state index >= 15 is 0 Å². The minimum atomic E-state index is -0.212. The second-order valence-corrected chi connectivity index (χ2v) is 7.17. The van der Waals surface area contributed by atoms with Gasteiger partial charge in [-0.1, -0.05) is 30.0 Å². The first-order valence-corrected chi connectivity index (χ1v) is 8.88. The summed E-state index contributed by atoms with van der Waals surface area (Å²) in [6.07, 6.45) is 0.802. The quantitative estimate of drug-likeness (QED) is 0.846. The molecular weight excluding hydrogens is 332 g/mol. The number of amides is 2. The van der Waals surface area contributed by atoms with Crippen LogP contribution >= 0.6 is 23.5 Å². The van der Waals surface area contributed by atoms with Gasteiger partial charge in [-0.3, -0.25) is 14.5 Å². The van der Waals surface area contributed by atoms with Crippen molar-refractivity contribution in [1.82, 2.24) is 4.90 Å². The molecule has 0 aliphatic carbocycles. The Morgan fingerprint density at radius 3 is 2.87 bits per heavy atom. The Hall–Kier alpha value is -1.99. The number of imide groups is 1. The molecular formula is C16H12N2O3S2. The summed E-state index contributed by atoms with van der Waals surface area (Å²) in [5.41, 5.74) is 2.22. The third-order valence-corrected chi connectivity index (χ3v) is 5.34. The largest absolute Gasteiger partial charge is 0.453 e. The first-order valence-electron chi connectivity index (χ1n) is 7.08. The third-order valence-electron chi connectivity index (χ3n) is 3.59. The first-order chi connectivity index (χ1) is 11.2. The summed E-state index contributed by atoms with van der Waals surface area (Å²) >= 11 is 2.51. The summed E-state index contributed by atoms with van der Waals surface area (Å²) in [4.78, 5) is 29.0. The second-order valence-electron chi connectivity index (χ2n) is 5.17. The van der Waals surface area contributed by atoms with Crippen molar-refractivity contribution in [2.75, 3.05) is 5.75 Å². The van der Waals surface area contributed by atoms with Gasteiger partial charge in [-0.25, -0.2) is 4.99 Å². The third kappa shape index (κ3) is 2.94. The average molecular weight is 344 g/mol. The highest BCUT2D eigenvalue weighted by atomic mass is 32.2. The Bertz CT molecular complexity index is 812. The van der Waals surface area contributed by atoms with Crippen molar-refractivity contribution in [3.63, 3.8) is 0 Å². The minimum Gasteiger partial charge on any atom is -0.453 e. The van der Waals surface area contributed by atoms with Crippen LogP contribution in [0.2, 0.25) is 0 Å². The zero-order valence-electron chi connectivity index (χ0n) is 12.0. The van der Waals surface area contributed by atoms with Crippen LogP contribution in [0, 0.1) is 0 Å². The molecule has 7 heteroatoms. The number of fused-ring (bicyclic) bond motifs is 1. The standard InChI is InChI=1S/C16H12N2O3S2/c19-14-9-22-16(20)18(14)8-11-5-6-15(21-11)23-13-7-10-3-1-2-4-12(10)17-13/h1-6H,7-9H2. The van der Waals surface area contributed by atoms with Crippen molar-refractivity contribution in [3.8, 4) is 0 Å². The molecule has 116 valence electrons. The number of hydrogen-bond donors (Lipinski definition) is 0. The van der Waals surface area contributed by atoms with Gasteiger partial charge in [0.1, 0.15) is 5.76 Å². The van der Waals surface area contributed by atoms with Crippen LogP contribution in [0.3, 0.4) is 0 Å². The predicted molar refractivity (Wildman–Crippen MR) is 90.2 cm³/mol. The van der Waals surface area contributed by atoms with E-state index < -0.39 is 0 Å². The van der Waals surface area contributed by atoms with Crippen molar-refractivity contribution in [1.29, 1.82) is 0 Å². The lowest BCUT2D eigenvalue weighted by molar-refractivity contribution is -0.125. The summed E-state index contributed by atoms with van der Waals surface area (Å²) in [6.45, 7) is 0.192. The first kappa shape index (κ1) is 14.6. The van der Waals surface area contributed by atoms with Crippen LogP contribution in [-0.2, 0) is 17.8 Å². The van der Waals surface area contributed by atoms with Gasteiger partial charge in [0.15, 0.2) is 5.09 Å². The number of rotatable bonds is 3. The predicted octanol–water partition coefficient (Wildman–Crippen LogP) is 3.85. The molecule has 1 saturated heterocycles. The maximum atomic E-state index is 11.6. The fourth-order valence-corrected chi connectivity index (χ4v) is 4.08. The van der Waals surface area contributed by atoms with E-state index in [1.54, 1.807) is 6.07 Å². The van der Waals surface area contributed by atoms with Crippen LogP contribution in [0.4, 0.5) is 10.5 Å². The number of furan rings is 1. The minimum absolute atomic E-state index is 0.166. The number of nitrogens with zero attached hydrogens (tertiary/aromatic N) is 2. The van der Waals surface area contributed by atoms with Crippen molar-refractivity contribution in [3.05, 3.63) is 47.7 Å². The number of benzene rings is 1. The molecule has 0 saturated carbocycles. The van der Waals surface area contributed by atoms with E-state index in [2.05, 4.69) is 11.1 Å². The zero-order chi connectivity index (χ0) is 15.8. The normalized spacial score (nSPS) is 16.9. The van der Waals surface area contributed by atoms with Crippen LogP contribution in [0.1, 0.15) is 11.3 Å². The van der Waals surface area contributed by atoms with Crippen LogP contribution in [0.5, 0.6) is 0 Å². The number of para-hydroxylation sites is 1. The van der Waals surface area contributed by atoms with E-state index in [9.17, 15) is 9.59 Å². The molecule has 3 heterocycles. The summed E-state index contributed by atoms with van der Waals surface area (Å²) in [6, 6.07) is 11.7. The van der Waals surface area contributed by atoms with Crippen molar-refractivity contribution < 1.29 is 14.0 Å². The molecule has 0 radical (unpaired) electrons. The summed E-state index contributed by atoms with van der Waals surface area (Å²) in [5.74, 6) is 0.657. The van der Waals surface area contributed by atoms with E-state index in [1.165, 1.54) is 22.2 Å². The van der Waals surface area contributed by atoms with Gasteiger partial charge in [-0.05, 0) is 35.5 Å². The van der Waals surface area contributed by atoms with Crippen molar-refractivity contribution >= 4 is 45.4 Å². The number of thioether (sulfide) groups is 2. The Balaban J connectivity index is 1.43. The molecule has 0 spiro atoms. The highest BCUT2D eigenvalue weighted by Crippen LogP contribution is 2.34. The van der Waals surface area contributed by atoms with Crippen LogP contribution in [0.15, 0.2) is 50.9 Å². The number of aliphatic imine (C=N–C) groups is 1. The van der Waals surface area contributed by atoms with E-state index in [-0.39, 0.29) is 23.4 Å². The number of carbonyl (C=O) groups is 2. The molecule has 23 heavy (non-hydrogen) atoms. The Morgan fingerprint density at radius 2 is 2.09 bits per heavy atom. The Morgan fingerprint density at radius 1 is 1.22 bits per heavy atom. The fourth-order valence-electron chi connectivity index (χ4n) is 2.47. The van der Waals surface area contributed by atoms with Gasteiger partial charge in [-0.15, -0.1) is 0 Å². The molecule has 4 rings (SSSR count). The van der Waals surface area contributed by atoms with E-state index in [4.69, 9.17) is 4.42 Å². The fraction of sp³-hybridized carbons (Fsp3) is 0.188. The van der Waals surface area contributed by atoms with Gasteiger partial charge >= 0.3 is 0 Å². The molecule has 1 aromatic heterocycles. The molecule has 2 aliphatic heterocycles. The number of carbonyl (C=O) groups excluding carboxylic acids is 2. The van der Waals surface area contributed by atoms with E-state index in [1.807, 2.05) is 24.3 Å². The average Bonchev–Trinajstić information content (AvgIpc) is 3.23. The lowest BCUT2D eigenvalue weighted by Gasteiger charge is -2.09. The smallest absolute Gasteiger partial charge is 0.289 e. The van der Waals surface area contributed by atoms with Gasteiger partial charge in [0.05, 0.1) is 23.0 Å². The molecule has 0 N–H and O–H groups in total. The Kier molecular flexibility index (Phi) is 3.74. The molecule has 2 aromatic rings. The second kappa shape index (κ2) is 5.90. The molecule has 1 fully saturated rings. The van der Waals surface area contributed by atoms with Crippen LogP contribution < -0.4 is 0 Å². The van der Waals surface area contributed by atoms with E-state index in [0.29, 0.717) is 5.76 Å². The van der Waals surface area contributed by atoms with Crippen molar-refractivity contribution in [2.24, 2.45) is 4.99 Å². The molecule has 0 unspecified atom stereocenters. The topological polar surface area (TPSA) is 62.9 Å². The SMILES string of the molecule is O=C1CSC(=O)N1Cc1ccc(SC2=Nc3ccccc3C2)o1. The maximum Gasteiger partial charge on any atom is 0.289 e. The number of hydrogen-bond acceptors (Lipinski definition) is 6. The molecule has 0 bridgehead atoms. The monoisotopic (exact) mass is 344 g/mol. The molecule has 5 nitrogen and oxygen atoms in total. The lowest BCUT2D eigenvalue weighted by atomic mass is 10.2. The maximum absolute atomic E-state index is 11.6. The summed E-state index contributed by atoms with van der Waals surface area (Å²) < 4.78 is 5.73. The molecule has 2 amide bonds. The highest BCUT2D eigenvalue weighted by Gasteiger charge is 2.30. The lowest BCUT2D eigenvalue weighted by Crippen LogP contribution is -2.27. The van der Waals surface area contributed by atoms with Crippen LogP contribution in [-0.4, -0.2) is 26.8 Å². The van der Waals surface area contributed by atoms with E-state index in [0.717, 1.165) is 34.0 Å². The van der Waals surface area contributed by atoms with Crippen LogP contribution in [0.25, 0.3) is 0 Å². The highest BCUT2D eigenvalue weighted by molar-refractivity contribution is 8.14. The Labute approximate surface area is 141 Å². The summed E-state index contributed by atoms with van der Waals surface area (Å²) in [5, 5.41) is 1.49. The summed E-state index contributed by atoms with van der Waals surface area (Å²) in [7, 11) is 0. The molecule has 1 aromatic carbocycles. The van der Waals surface area contributed by atoms with Gasteiger partial charge in [0, 0.05) is 6.42 Å². The molecule has 2 aliphatic rings. The van der Waals surface area contributed by atoms with Crippen molar-refractivity contribution in [2.45, 2.75) is 18.1 Å². The van der Waals surface area contributed by atoms with Gasteiger partial charge < -0.3 is 4.42 Å². The molecule has 0 atom stereocenters. The van der Waals surface area contributed by atoms with Gasteiger partial charge in [0.25, 0.3) is 5.24 Å². The van der Waals surface area contributed by atoms with Gasteiger partial charge in [0.2, 0.25) is 5.91 Å². The zero-order valence-corrected chi connectivity index (χ0v) is 13.7. The van der Waals surface area contributed by atoms with Gasteiger partial charge in [-0.2, -0.15) is 0 Å².